The van der Waals surface area contributed by atoms with Gasteiger partial charge >= 0.3 is 0 Å². The highest BCUT2D eigenvalue weighted by Gasteiger charge is 2.31. The van der Waals surface area contributed by atoms with E-state index in [0.29, 0.717) is 25.7 Å². The summed E-state index contributed by atoms with van der Waals surface area (Å²) in [4.78, 5) is 14.1. The van der Waals surface area contributed by atoms with E-state index in [1.165, 1.54) is 18.4 Å². The molecule has 3 N–H and O–H groups in total. The van der Waals surface area contributed by atoms with E-state index in [0.717, 1.165) is 13.0 Å². The van der Waals surface area contributed by atoms with Crippen LogP contribution in [0.3, 0.4) is 0 Å². The zero-order valence-corrected chi connectivity index (χ0v) is 12.9. The van der Waals surface area contributed by atoms with E-state index < -0.39 is 0 Å². The lowest BCUT2D eigenvalue weighted by Gasteiger charge is -2.24. The average Bonchev–Trinajstić information content (AvgIpc) is 3.28. The van der Waals surface area contributed by atoms with E-state index in [9.17, 15) is 9.90 Å². The second kappa shape index (κ2) is 7.22. The fraction of sp³-hybridized carbons (Fsp3) is 0.588. The predicted octanol–water partition coefficient (Wildman–Crippen LogP) is 0.490. The number of hydrogen-bond donors (Lipinski definition) is 3. The van der Waals surface area contributed by atoms with Crippen molar-refractivity contribution in [1.29, 1.82) is 0 Å². The number of nitrogens with one attached hydrogen (secondary N) is 2. The molecule has 3 rings (SSSR count). The molecule has 2 unspecified atom stereocenters. The minimum atomic E-state index is -0.296. The predicted molar refractivity (Wildman–Crippen MR) is 85.3 cm³/mol. The SMILES string of the molecule is O=C(CNC1CC1)NCC1CC(O)CN1Cc1ccccc1. The molecule has 0 aromatic heterocycles. The maximum Gasteiger partial charge on any atom is 0.234 e. The standard InChI is InChI=1S/C17H25N3O2/c21-16-8-15(9-19-17(22)10-18-14-6-7-14)20(12-16)11-13-4-2-1-3-5-13/h1-5,14-16,18,21H,6-12H2,(H,19,22). The van der Waals surface area contributed by atoms with Gasteiger partial charge in [0.25, 0.3) is 0 Å². The number of amides is 1. The molecule has 5 heteroatoms. The van der Waals surface area contributed by atoms with Crippen LogP contribution in [-0.4, -0.2) is 53.7 Å². The number of carbonyl (C=O) groups excluding carboxylic acids is 1. The molecule has 0 radical (unpaired) electrons. The zero-order valence-electron chi connectivity index (χ0n) is 12.9. The molecular weight excluding hydrogens is 278 g/mol. The molecule has 1 saturated carbocycles. The van der Waals surface area contributed by atoms with Gasteiger partial charge in [0.1, 0.15) is 0 Å². The van der Waals surface area contributed by atoms with Crippen molar-refractivity contribution >= 4 is 5.91 Å². The van der Waals surface area contributed by atoms with Crippen molar-refractivity contribution in [3.63, 3.8) is 0 Å². The van der Waals surface area contributed by atoms with E-state index in [1.54, 1.807) is 0 Å². The van der Waals surface area contributed by atoms with E-state index in [1.807, 2.05) is 18.2 Å². The second-order valence-corrected chi connectivity index (χ2v) is 6.42. The first-order chi connectivity index (χ1) is 10.7. The molecule has 0 spiro atoms. The number of aliphatic hydroxyl groups excluding tert-OH is 1. The maximum atomic E-state index is 11.8. The number of rotatable bonds is 7. The Morgan fingerprint density at radius 3 is 2.77 bits per heavy atom. The lowest BCUT2D eigenvalue weighted by atomic mass is 10.1. The molecule has 2 atom stereocenters. The molecule has 2 fully saturated rings. The van der Waals surface area contributed by atoms with Crippen LogP contribution < -0.4 is 10.6 Å². The van der Waals surface area contributed by atoms with E-state index in [4.69, 9.17) is 0 Å². The molecule has 1 amide bonds. The van der Waals surface area contributed by atoms with Gasteiger partial charge in [-0.25, -0.2) is 0 Å². The van der Waals surface area contributed by atoms with Crippen molar-refractivity contribution in [2.75, 3.05) is 19.6 Å². The van der Waals surface area contributed by atoms with Crippen molar-refractivity contribution in [1.82, 2.24) is 15.5 Å². The Bertz CT molecular complexity index is 490. The monoisotopic (exact) mass is 303 g/mol. The third kappa shape index (κ3) is 4.53. The summed E-state index contributed by atoms with van der Waals surface area (Å²) >= 11 is 0. The Hall–Kier alpha value is -1.43. The van der Waals surface area contributed by atoms with Crippen LogP contribution in [0.5, 0.6) is 0 Å². The Kier molecular flexibility index (Phi) is 5.08. The molecule has 1 aliphatic carbocycles. The normalized spacial score (nSPS) is 25.3. The minimum Gasteiger partial charge on any atom is -0.392 e. The number of nitrogens with zero attached hydrogens (tertiary/aromatic N) is 1. The van der Waals surface area contributed by atoms with Gasteiger partial charge in [0.2, 0.25) is 5.91 Å². The van der Waals surface area contributed by atoms with Gasteiger partial charge in [-0.3, -0.25) is 9.69 Å². The van der Waals surface area contributed by atoms with Gasteiger partial charge in [-0.2, -0.15) is 0 Å². The number of aliphatic hydroxyl groups is 1. The molecule has 1 aromatic carbocycles. The van der Waals surface area contributed by atoms with Gasteiger partial charge in [0.05, 0.1) is 12.6 Å². The van der Waals surface area contributed by atoms with E-state index in [-0.39, 0.29) is 18.1 Å². The highest BCUT2D eigenvalue weighted by atomic mass is 16.3. The largest absolute Gasteiger partial charge is 0.392 e. The summed E-state index contributed by atoms with van der Waals surface area (Å²) in [6, 6.07) is 11.0. The molecule has 1 aromatic rings. The highest BCUT2D eigenvalue weighted by Crippen LogP contribution is 2.20. The molecule has 22 heavy (non-hydrogen) atoms. The summed E-state index contributed by atoms with van der Waals surface area (Å²) in [5, 5.41) is 16.1. The van der Waals surface area contributed by atoms with Crippen LogP contribution >= 0.6 is 0 Å². The third-order valence-corrected chi connectivity index (χ3v) is 4.40. The van der Waals surface area contributed by atoms with Crippen LogP contribution in [0.15, 0.2) is 30.3 Å². The van der Waals surface area contributed by atoms with Crippen LogP contribution in [0.4, 0.5) is 0 Å². The van der Waals surface area contributed by atoms with Gasteiger partial charge in [-0.05, 0) is 24.8 Å². The fourth-order valence-corrected chi connectivity index (χ4v) is 3.00. The average molecular weight is 303 g/mol. The Morgan fingerprint density at radius 1 is 1.27 bits per heavy atom. The summed E-state index contributed by atoms with van der Waals surface area (Å²) in [6.45, 7) is 2.50. The third-order valence-electron chi connectivity index (χ3n) is 4.40. The number of benzene rings is 1. The Balaban J connectivity index is 1.46. The molecule has 1 saturated heterocycles. The van der Waals surface area contributed by atoms with Gasteiger partial charge in [0, 0.05) is 31.7 Å². The van der Waals surface area contributed by atoms with Crippen LogP contribution in [0, 0.1) is 0 Å². The summed E-state index contributed by atoms with van der Waals surface area (Å²) in [7, 11) is 0. The first-order valence-corrected chi connectivity index (χ1v) is 8.17. The lowest BCUT2D eigenvalue weighted by Crippen LogP contribution is -2.42. The Labute approximate surface area is 131 Å². The summed E-state index contributed by atoms with van der Waals surface area (Å²) < 4.78 is 0. The van der Waals surface area contributed by atoms with Gasteiger partial charge < -0.3 is 15.7 Å². The number of likely N-dealkylation sites (tertiary alicyclic amines) is 1. The van der Waals surface area contributed by atoms with Crippen molar-refractivity contribution in [3.8, 4) is 0 Å². The topological polar surface area (TPSA) is 64.6 Å². The fourth-order valence-electron chi connectivity index (χ4n) is 3.00. The lowest BCUT2D eigenvalue weighted by molar-refractivity contribution is -0.120. The quantitative estimate of drug-likeness (QED) is 0.686. The molecule has 120 valence electrons. The van der Waals surface area contributed by atoms with Crippen LogP contribution in [-0.2, 0) is 11.3 Å². The smallest absolute Gasteiger partial charge is 0.234 e. The van der Waals surface area contributed by atoms with Gasteiger partial charge in [-0.15, -0.1) is 0 Å². The van der Waals surface area contributed by atoms with Crippen LogP contribution in [0.1, 0.15) is 24.8 Å². The minimum absolute atomic E-state index is 0.0490. The van der Waals surface area contributed by atoms with E-state index in [2.05, 4.69) is 27.7 Å². The van der Waals surface area contributed by atoms with Crippen LogP contribution in [0.2, 0.25) is 0 Å². The molecule has 2 aliphatic rings. The van der Waals surface area contributed by atoms with E-state index >= 15 is 0 Å². The van der Waals surface area contributed by atoms with Gasteiger partial charge in [0.15, 0.2) is 0 Å². The summed E-state index contributed by atoms with van der Waals surface area (Å²) in [5.74, 6) is 0.0490. The maximum absolute atomic E-state index is 11.8. The van der Waals surface area contributed by atoms with Crippen molar-refractivity contribution in [2.24, 2.45) is 0 Å². The van der Waals surface area contributed by atoms with Crippen molar-refractivity contribution < 1.29 is 9.90 Å². The molecule has 5 nitrogen and oxygen atoms in total. The summed E-state index contributed by atoms with van der Waals surface area (Å²) in [5.41, 5.74) is 1.24. The highest BCUT2D eigenvalue weighted by molar-refractivity contribution is 5.78. The first-order valence-electron chi connectivity index (χ1n) is 8.17. The van der Waals surface area contributed by atoms with Crippen molar-refractivity contribution in [2.45, 2.75) is 44.0 Å². The number of carbonyl (C=O) groups is 1. The zero-order chi connectivity index (χ0) is 15.4. The summed E-state index contributed by atoms with van der Waals surface area (Å²) in [6.07, 6.45) is 2.80. The van der Waals surface area contributed by atoms with Crippen molar-refractivity contribution in [3.05, 3.63) is 35.9 Å². The number of hydrogen-bond acceptors (Lipinski definition) is 4. The molecule has 0 bridgehead atoms. The van der Waals surface area contributed by atoms with Gasteiger partial charge in [-0.1, -0.05) is 30.3 Å². The molecule has 1 aliphatic heterocycles. The first kappa shape index (κ1) is 15.5. The Morgan fingerprint density at radius 2 is 2.05 bits per heavy atom. The number of β-amino-alcohol motifs (C(OH)–C–C–N with tert-alkyl or cyclic N) is 1. The molecule has 1 heterocycles. The van der Waals surface area contributed by atoms with Crippen LogP contribution in [0.25, 0.3) is 0 Å². The second-order valence-electron chi connectivity index (χ2n) is 6.42. The molecular formula is C17H25N3O2.